The standard InChI is InChI=1S/C17H26ClN3O2/c1-3-4-9-21-17(18)15(13(2)19-21)5-6-16(23)20-10-7-14(12-22)8-11-20/h5-6,14,22H,3-4,7-12H2,1-2H3/b6-5+. The molecule has 0 bridgehead atoms. The molecule has 0 aliphatic carbocycles. The fourth-order valence-corrected chi connectivity index (χ4v) is 3.13. The third-order valence-corrected chi connectivity index (χ3v) is 4.81. The number of halogens is 1. The summed E-state index contributed by atoms with van der Waals surface area (Å²) in [4.78, 5) is 14.1. The largest absolute Gasteiger partial charge is 0.396 e. The molecule has 0 radical (unpaired) electrons. The molecule has 1 fully saturated rings. The van der Waals surface area contributed by atoms with Gasteiger partial charge in [-0.3, -0.25) is 9.48 Å². The molecular weight excluding hydrogens is 314 g/mol. The van der Waals surface area contributed by atoms with Gasteiger partial charge in [0.2, 0.25) is 5.91 Å². The van der Waals surface area contributed by atoms with Gasteiger partial charge < -0.3 is 10.0 Å². The minimum Gasteiger partial charge on any atom is -0.396 e. The molecule has 1 aromatic rings. The van der Waals surface area contributed by atoms with Crippen LogP contribution >= 0.6 is 11.6 Å². The van der Waals surface area contributed by atoms with E-state index in [9.17, 15) is 4.79 Å². The van der Waals surface area contributed by atoms with Gasteiger partial charge in [-0.05, 0) is 38.2 Å². The van der Waals surface area contributed by atoms with E-state index < -0.39 is 0 Å². The van der Waals surface area contributed by atoms with Gasteiger partial charge in [-0.1, -0.05) is 24.9 Å². The van der Waals surface area contributed by atoms with E-state index >= 15 is 0 Å². The van der Waals surface area contributed by atoms with Gasteiger partial charge in [-0.2, -0.15) is 5.10 Å². The van der Waals surface area contributed by atoms with E-state index in [-0.39, 0.29) is 12.5 Å². The second-order valence-corrected chi connectivity index (χ2v) is 6.51. The number of aryl methyl sites for hydroxylation is 2. The lowest BCUT2D eigenvalue weighted by Crippen LogP contribution is -2.38. The third-order valence-electron chi connectivity index (χ3n) is 4.41. The topological polar surface area (TPSA) is 58.4 Å². The number of aliphatic hydroxyl groups is 1. The molecule has 1 N–H and O–H groups in total. The number of carbonyl (C=O) groups excluding carboxylic acids is 1. The van der Waals surface area contributed by atoms with Crippen molar-refractivity contribution in [3.8, 4) is 0 Å². The summed E-state index contributed by atoms with van der Waals surface area (Å²) < 4.78 is 1.80. The van der Waals surface area contributed by atoms with Crippen LogP contribution in [-0.2, 0) is 11.3 Å². The average Bonchev–Trinajstić information content (AvgIpc) is 2.84. The van der Waals surface area contributed by atoms with E-state index in [1.165, 1.54) is 0 Å². The van der Waals surface area contributed by atoms with E-state index in [0.717, 1.165) is 43.5 Å². The maximum atomic E-state index is 12.3. The molecule has 0 saturated carbocycles. The number of unbranched alkanes of at least 4 members (excludes halogenated alkanes) is 1. The second kappa shape index (κ2) is 8.50. The number of aromatic nitrogens is 2. The molecule has 0 unspecified atom stereocenters. The molecular formula is C17H26ClN3O2. The first-order chi connectivity index (χ1) is 11.1. The maximum absolute atomic E-state index is 12.3. The Morgan fingerprint density at radius 3 is 2.74 bits per heavy atom. The predicted octanol–water partition coefficient (Wildman–Crippen LogP) is 2.89. The number of amides is 1. The Kier molecular flexibility index (Phi) is 6.66. The summed E-state index contributed by atoms with van der Waals surface area (Å²) >= 11 is 6.37. The number of likely N-dealkylation sites (tertiary alicyclic amines) is 1. The Balaban J connectivity index is 1.99. The highest BCUT2D eigenvalue weighted by molar-refractivity contribution is 6.31. The van der Waals surface area contributed by atoms with Gasteiger partial charge in [0.25, 0.3) is 0 Å². The van der Waals surface area contributed by atoms with Crippen LogP contribution in [0.3, 0.4) is 0 Å². The summed E-state index contributed by atoms with van der Waals surface area (Å²) in [6.45, 7) is 6.46. The molecule has 1 amide bonds. The van der Waals surface area contributed by atoms with Crippen molar-refractivity contribution in [2.45, 2.75) is 46.1 Å². The molecule has 2 rings (SSSR count). The van der Waals surface area contributed by atoms with E-state index in [2.05, 4.69) is 12.0 Å². The fraction of sp³-hybridized carbons (Fsp3) is 0.647. The van der Waals surface area contributed by atoms with Gasteiger partial charge in [-0.25, -0.2) is 0 Å². The summed E-state index contributed by atoms with van der Waals surface area (Å²) in [6, 6.07) is 0. The summed E-state index contributed by atoms with van der Waals surface area (Å²) in [6.07, 6.45) is 7.20. The summed E-state index contributed by atoms with van der Waals surface area (Å²) in [5.41, 5.74) is 1.66. The summed E-state index contributed by atoms with van der Waals surface area (Å²) in [5.74, 6) is 0.328. The minimum absolute atomic E-state index is 0.00170. The molecule has 1 aromatic heterocycles. The van der Waals surface area contributed by atoms with Crippen molar-refractivity contribution in [2.24, 2.45) is 5.92 Å². The van der Waals surface area contributed by atoms with Crippen LogP contribution in [-0.4, -0.2) is 45.4 Å². The first-order valence-electron chi connectivity index (χ1n) is 8.37. The van der Waals surface area contributed by atoms with Gasteiger partial charge in [0.15, 0.2) is 0 Å². The molecule has 128 valence electrons. The number of hydrogen-bond donors (Lipinski definition) is 1. The van der Waals surface area contributed by atoms with Crippen LogP contribution in [0.5, 0.6) is 0 Å². The average molecular weight is 340 g/mol. The zero-order valence-electron chi connectivity index (χ0n) is 14.0. The highest BCUT2D eigenvalue weighted by Crippen LogP contribution is 2.22. The first kappa shape index (κ1) is 18.0. The fourth-order valence-electron chi connectivity index (χ4n) is 2.81. The molecule has 1 saturated heterocycles. The SMILES string of the molecule is CCCCn1nc(C)c(/C=C/C(=O)N2CCC(CO)CC2)c1Cl. The molecule has 1 aliphatic rings. The maximum Gasteiger partial charge on any atom is 0.246 e. The van der Waals surface area contributed by atoms with Crippen LogP contribution in [0.25, 0.3) is 6.08 Å². The number of carbonyl (C=O) groups is 1. The van der Waals surface area contributed by atoms with Crippen molar-refractivity contribution in [1.29, 1.82) is 0 Å². The van der Waals surface area contributed by atoms with E-state index in [1.54, 1.807) is 16.8 Å². The number of rotatable bonds is 6. The molecule has 0 aromatic carbocycles. The van der Waals surface area contributed by atoms with Crippen molar-refractivity contribution in [3.05, 3.63) is 22.5 Å². The number of aliphatic hydroxyl groups excluding tert-OH is 1. The van der Waals surface area contributed by atoms with Crippen LogP contribution in [0.1, 0.15) is 43.9 Å². The lowest BCUT2D eigenvalue weighted by Gasteiger charge is -2.30. The molecule has 23 heavy (non-hydrogen) atoms. The zero-order valence-corrected chi connectivity index (χ0v) is 14.7. The monoisotopic (exact) mass is 339 g/mol. The highest BCUT2D eigenvalue weighted by atomic mass is 35.5. The zero-order chi connectivity index (χ0) is 16.8. The number of nitrogens with zero attached hydrogens (tertiary/aromatic N) is 3. The van der Waals surface area contributed by atoms with Gasteiger partial charge in [0.1, 0.15) is 5.15 Å². The van der Waals surface area contributed by atoms with E-state index in [4.69, 9.17) is 16.7 Å². The van der Waals surface area contributed by atoms with Gasteiger partial charge in [0.05, 0.1) is 5.69 Å². The second-order valence-electron chi connectivity index (χ2n) is 6.15. The lowest BCUT2D eigenvalue weighted by atomic mass is 9.98. The number of hydrogen-bond acceptors (Lipinski definition) is 3. The Morgan fingerprint density at radius 2 is 2.13 bits per heavy atom. The van der Waals surface area contributed by atoms with Crippen LogP contribution < -0.4 is 0 Å². The van der Waals surface area contributed by atoms with E-state index in [1.807, 2.05) is 11.8 Å². The predicted molar refractivity (Wildman–Crippen MR) is 92.3 cm³/mol. The van der Waals surface area contributed by atoms with Crippen LogP contribution in [0.15, 0.2) is 6.08 Å². The van der Waals surface area contributed by atoms with E-state index in [0.29, 0.717) is 24.2 Å². The normalized spacial score (nSPS) is 16.4. The molecule has 0 atom stereocenters. The van der Waals surface area contributed by atoms with Gasteiger partial charge >= 0.3 is 0 Å². The third kappa shape index (κ3) is 4.58. The Bertz CT molecular complexity index is 560. The Hall–Kier alpha value is -1.33. The summed E-state index contributed by atoms with van der Waals surface area (Å²) in [7, 11) is 0. The van der Waals surface area contributed by atoms with Crippen LogP contribution in [0.2, 0.25) is 5.15 Å². The first-order valence-corrected chi connectivity index (χ1v) is 8.75. The molecule has 1 aliphatic heterocycles. The number of piperidine rings is 1. The van der Waals surface area contributed by atoms with Crippen molar-refractivity contribution in [2.75, 3.05) is 19.7 Å². The molecule has 5 nitrogen and oxygen atoms in total. The highest BCUT2D eigenvalue weighted by Gasteiger charge is 2.21. The Labute approximate surface area is 142 Å². The van der Waals surface area contributed by atoms with Crippen molar-refractivity contribution >= 4 is 23.6 Å². The van der Waals surface area contributed by atoms with Crippen LogP contribution in [0.4, 0.5) is 0 Å². The smallest absolute Gasteiger partial charge is 0.246 e. The van der Waals surface area contributed by atoms with Crippen molar-refractivity contribution < 1.29 is 9.90 Å². The van der Waals surface area contributed by atoms with Gasteiger partial charge in [-0.15, -0.1) is 0 Å². The minimum atomic E-state index is -0.00170. The Morgan fingerprint density at radius 1 is 1.43 bits per heavy atom. The molecule has 6 heteroatoms. The molecule has 0 spiro atoms. The van der Waals surface area contributed by atoms with Gasteiger partial charge in [0, 0.05) is 37.9 Å². The van der Waals surface area contributed by atoms with Crippen LogP contribution in [0, 0.1) is 12.8 Å². The van der Waals surface area contributed by atoms with Crippen molar-refractivity contribution in [3.63, 3.8) is 0 Å². The molecule has 2 heterocycles. The lowest BCUT2D eigenvalue weighted by molar-refractivity contribution is -0.127. The van der Waals surface area contributed by atoms with Crippen molar-refractivity contribution in [1.82, 2.24) is 14.7 Å². The quantitative estimate of drug-likeness (QED) is 0.811. The summed E-state index contributed by atoms with van der Waals surface area (Å²) in [5, 5.41) is 14.2.